The van der Waals surface area contributed by atoms with Gasteiger partial charge in [0.1, 0.15) is 5.76 Å². The first kappa shape index (κ1) is 13.3. The Morgan fingerprint density at radius 3 is 2.88 bits per heavy atom. The minimum absolute atomic E-state index is 0.578. The van der Waals surface area contributed by atoms with Gasteiger partial charge in [0.05, 0.1) is 12.8 Å². The number of hydrogen-bond acceptors (Lipinski definition) is 3. The first-order valence-corrected chi connectivity index (χ1v) is 6.17. The third kappa shape index (κ3) is 4.81. The van der Waals surface area contributed by atoms with Crippen LogP contribution >= 0.6 is 0 Å². The van der Waals surface area contributed by atoms with Gasteiger partial charge in [-0.3, -0.25) is 4.90 Å². The molecule has 0 aliphatic carbocycles. The van der Waals surface area contributed by atoms with Crippen LogP contribution in [0.2, 0.25) is 0 Å². The zero-order chi connectivity index (χ0) is 11.8. The van der Waals surface area contributed by atoms with E-state index < -0.39 is 0 Å². The Morgan fingerprint density at radius 1 is 1.44 bits per heavy atom. The van der Waals surface area contributed by atoms with Crippen LogP contribution in [0.1, 0.15) is 32.4 Å². The van der Waals surface area contributed by atoms with Gasteiger partial charge in [-0.25, -0.2) is 0 Å². The highest BCUT2D eigenvalue weighted by molar-refractivity contribution is 4.97. The van der Waals surface area contributed by atoms with Crippen molar-refractivity contribution in [1.29, 1.82) is 0 Å². The van der Waals surface area contributed by atoms with E-state index in [1.807, 2.05) is 12.1 Å². The third-order valence-corrected chi connectivity index (χ3v) is 2.90. The number of nitrogens with one attached hydrogen (secondary N) is 1. The van der Waals surface area contributed by atoms with Crippen molar-refractivity contribution >= 4 is 0 Å². The molecule has 1 rings (SSSR count). The van der Waals surface area contributed by atoms with Crippen molar-refractivity contribution in [1.82, 2.24) is 10.2 Å². The van der Waals surface area contributed by atoms with Crippen LogP contribution in [-0.4, -0.2) is 31.1 Å². The molecule has 1 aromatic rings. The highest BCUT2D eigenvalue weighted by atomic mass is 16.3. The molecule has 92 valence electrons. The van der Waals surface area contributed by atoms with Crippen molar-refractivity contribution in [3.8, 4) is 0 Å². The van der Waals surface area contributed by atoms with Gasteiger partial charge in [0.15, 0.2) is 0 Å². The lowest BCUT2D eigenvalue weighted by Gasteiger charge is -2.23. The van der Waals surface area contributed by atoms with Crippen LogP contribution in [0.25, 0.3) is 0 Å². The lowest BCUT2D eigenvalue weighted by atomic mass is 10.2. The molecule has 1 N–H and O–H groups in total. The predicted molar refractivity (Wildman–Crippen MR) is 67.4 cm³/mol. The molecule has 1 heterocycles. The van der Waals surface area contributed by atoms with Gasteiger partial charge in [-0.05, 0) is 52.0 Å². The smallest absolute Gasteiger partial charge is 0.117 e. The second-order valence-corrected chi connectivity index (χ2v) is 4.38. The molecule has 0 bridgehead atoms. The maximum Gasteiger partial charge on any atom is 0.117 e. The van der Waals surface area contributed by atoms with Gasteiger partial charge in [-0.2, -0.15) is 0 Å². The molecule has 0 aromatic carbocycles. The Bertz CT molecular complexity index is 259. The second kappa shape index (κ2) is 7.47. The topological polar surface area (TPSA) is 28.4 Å². The summed E-state index contributed by atoms with van der Waals surface area (Å²) in [5.74, 6) is 1.04. The summed E-state index contributed by atoms with van der Waals surface area (Å²) in [6.45, 7) is 7.56. The molecule has 3 heteroatoms. The Kier molecular flexibility index (Phi) is 6.19. The van der Waals surface area contributed by atoms with Gasteiger partial charge in [-0.1, -0.05) is 6.92 Å². The van der Waals surface area contributed by atoms with Crippen molar-refractivity contribution in [3.05, 3.63) is 24.2 Å². The lowest BCUT2D eigenvalue weighted by molar-refractivity contribution is 0.219. The molecular formula is C13H24N2O. The van der Waals surface area contributed by atoms with Gasteiger partial charge in [0.2, 0.25) is 0 Å². The minimum Gasteiger partial charge on any atom is -0.468 e. The summed E-state index contributed by atoms with van der Waals surface area (Å²) in [4.78, 5) is 2.33. The highest BCUT2D eigenvalue weighted by Gasteiger charge is 2.10. The Morgan fingerprint density at radius 2 is 2.25 bits per heavy atom. The molecule has 3 nitrogen and oxygen atoms in total. The normalized spacial score (nSPS) is 13.2. The molecule has 0 fully saturated rings. The average molecular weight is 224 g/mol. The Hall–Kier alpha value is -0.800. The van der Waals surface area contributed by atoms with Crippen LogP contribution in [0.15, 0.2) is 22.8 Å². The van der Waals surface area contributed by atoms with Gasteiger partial charge in [0, 0.05) is 6.04 Å². The van der Waals surface area contributed by atoms with E-state index in [0.717, 1.165) is 25.4 Å². The summed E-state index contributed by atoms with van der Waals surface area (Å²) in [7, 11) is 2.15. The molecule has 1 aromatic heterocycles. The summed E-state index contributed by atoms with van der Waals surface area (Å²) in [6.07, 6.45) is 4.12. The molecule has 0 radical (unpaired) electrons. The summed E-state index contributed by atoms with van der Waals surface area (Å²) in [5.41, 5.74) is 0. The fraction of sp³-hybridized carbons (Fsp3) is 0.692. The van der Waals surface area contributed by atoms with E-state index in [9.17, 15) is 0 Å². The van der Waals surface area contributed by atoms with E-state index in [-0.39, 0.29) is 0 Å². The van der Waals surface area contributed by atoms with E-state index in [1.54, 1.807) is 6.26 Å². The molecule has 16 heavy (non-hydrogen) atoms. The standard InChI is InChI=1S/C13H24N2O/c1-4-8-14-9-7-12(2)15(3)11-13-6-5-10-16-13/h5-6,10,12,14H,4,7-9,11H2,1-3H3. The Balaban J connectivity index is 2.17. The van der Waals surface area contributed by atoms with Crippen molar-refractivity contribution < 1.29 is 4.42 Å². The monoisotopic (exact) mass is 224 g/mol. The zero-order valence-electron chi connectivity index (χ0n) is 10.7. The third-order valence-electron chi connectivity index (χ3n) is 2.90. The molecule has 0 spiro atoms. The maximum absolute atomic E-state index is 5.34. The first-order chi connectivity index (χ1) is 7.74. The maximum atomic E-state index is 5.34. The van der Waals surface area contributed by atoms with Crippen molar-refractivity contribution in [3.63, 3.8) is 0 Å². The quantitative estimate of drug-likeness (QED) is 0.688. The molecule has 0 saturated carbocycles. The zero-order valence-corrected chi connectivity index (χ0v) is 10.7. The minimum atomic E-state index is 0.578. The van der Waals surface area contributed by atoms with Crippen molar-refractivity contribution in [2.45, 2.75) is 39.3 Å². The first-order valence-electron chi connectivity index (χ1n) is 6.17. The molecule has 0 aliphatic rings. The van der Waals surface area contributed by atoms with Crippen LogP contribution in [-0.2, 0) is 6.54 Å². The van der Waals surface area contributed by atoms with Gasteiger partial charge in [-0.15, -0.1) is 0 Å². The molecular weight excluding hydrogens is 200 g/mol. The fourth-order valence-electron chi connectivity index (χ4n) is 1.64. The summed E-state index contributed by atoms with van der Waals surface area (Å²) < 4.78 is 5.34. The average Bonchev–Trinajstić information content (AvgIpc) is 2.76. The number of furan rings is 1. The van der Waals surface area contributed by atoms with E-state index in [1.165, 1.54) is 12.8 Å². The summed E-state index contributed by atoms with van der Waals surface area (Å²) >= 11 is 0. The van der Waals surface area contributed by atoms with Crippen LogP contribution in [0.5, 0.6) is 0 Å². The summed E-state index contributed by atoms with van der Waals surface area (Å²) in [6, 6.07) is 4.55. The highest BCUT2D eigenvalue weighted by Crippen LogP contribution is 2.08. The fourth-order valence-corrected chi connectivity index (χ4v) is 1.64. The lowest BCUT2D eigenvalue weighted by Crippen LogP contribution is -2.31. The van der Waals surface area contributed by atoms with Gasteiger partial charge >= 0.3 is 0 Å². The van der Waals surface area contributed by atoms with Crippen molar-refractivity contribution in [2.24, 2.45) is 0 Å². The van der Waals surface area contributed by atoms with Crippen LogP contribution < -0.4 is 5.32 Å². The SMILES string of the molecule is CCCNCCC(C)N(C)Cc1ccco1. The van der Waals surface area contributed by atoms with Crippen LogP contribution in [0.4, 0.5) is 0 Å². The van der Waals surface area contributed by atoms with Gasteiger partial charge < -0.3 is 9.73 Å². The molecule has 0 saturated heterocycles. The Labute approximate surface area is 98.8 Å². The molecule has 0 aliphatic heterocycles. The van der Waals surface area contributed by atoms with Gasteiger partial charge in [0.25, 0.3) is 0 Å². The number of hydrogen-bond donors (Lipinski definition) is 1. The largest absolute Gasteiger partial charge is 0.468 e. The molecule has 1 unspecified atom stereocenters. The van der Waals surface area contributed by atoms with E-state index in [4.69, 9.17) is 4.42 Å². The molecule has 0 amide bonds. The van der Waals surface area contributed by atoms with Crippen molar-refractivity contribution in [2.75, 3.05) is 20.1 Å². The molecule has 1 atom stereocenters. The second-order valence-electron chi connectivity index (χ2n) is 4.38. The number of rotatable bonds is 8. The van der Waals surface area contributed by atoms with E-state index in [0.29, 0.717) is 6.04 Å². The number of nitrogens with zero attached hydrogens (tertiary/aromatic N) is 1. The van der Waals surface area contributed by atoms with E-state index in [2.05, 4.69) is 31.1 Å². The van der Waals surface area contributed by atoms with Crippen LogP contribution in [0, 0.1) is 0 Å². The van der Waals surface area contributed by atoms with Crippen LogP contribution in [0.3, 0.4) is 0 Å². The van der Waals surface area contributed by atoms with E-state index >= 15 is 0 Å². The summed E-state index contributed by atoms with van der Waals surface area (Å²) in [5, 5.41) is 3.43. The predicted octanol–water partition coefficient (Wildman–Crippen LogP) is 2.49.